The van der Waals surface area contributed by atoms with Gasteiger partial charge in [-0.1, -0.05) is 56.7 Å². The van der Waals surface area contributed by atoms with Crippen LogP contribution in [0.4, 0.5) is 0 Å². The quantitative estimate of drug-likeness (QED) is 0.326. The normalized spacial score (nSPS) is 11.1. The van der Waals surface area contributed by atoms with E-state index in [2.05, 4.69) is 31.4 Å². The van der Waals surface area contributed by atoms with Crippen molar-refractivity contribution in [3.8, 4) is 0 Å². The standard InChI is InChI=1S/C16H25BO2S/c1-3-5-13-18-17(19-14-6-4-2)12-15-20-16-10-8-7-9-11-16/h7-12,15H,3-6,13-14H2,1-2H3/b15-12+. The minimum atomic E-state index is -0.218. The van der Waals surface area contributed by atoms with Crippen LogP contribution < -0.4 is 0 Å². The Kier molecular flexibility index (Phi) is 10.5. The van der Waals surface area contributed by atoms with Crippen LogP contribution in [0.3, 0.4) is 0 Å². The van der Waals surface area contributed by atoms with E-state index in [1.165, 1.54) is 4.90 Å². The molecule has 0 saturated heterocycles. The zero-order valence-electron chi connectivity index (χ0n) is 12.6. The van der Waals surface area contributed by atoms with Gasteiger partial charge in [0.15, 0.2) is 0 Å². The summed E-state index contributed by atoms with van der Waals surface area (Å²) < 4.78 is 11.5. The molecule has 0 atom stereocenters. The molecule has 0 radical (unpaired) electrons. The van der Waals surface area contributed by atoms with Gasteiger partial charge < -0.3 is 9.31 Å². The van der Waals surface area contributed by atoms with Gasteiger partial charge >= 0.3 is 7.12 Å². The topological polar surface area (TPSA) is 18.5 Å². The van der Waals surface area contributed by atoms with Gasteiger partial charge in [-0.3, -0.25) is 0 Å². The molecule has 0 spiro atoms. The summed E-state index contributed by atoms with van der Waals surface area (Å²) in [4.78, 5) is 1.23. The molecule has 1 rings (SSSR count). The molecule has 4 heteroatoms. The molecule has 1 aromatic rings. The summed E-state index contributed by atoms with van der Waals surface area (Å²) in [6, 6.07) is 10.3. The van der Waals surface area contributed by atoms with Gasteiger partial charge in [0.25, 0.3) is 0 Å². The van der Waals surface area contributed by atoms with Crippen LogP contribution in [0.1, 0.15) is 39.5 Å². The third kappa shape index (κ3) is 8.46. The van der Waals surface area contributed by atoms with Crippen molar-refractivity contribution < 1.29 is 9.31 Å². The molecule has 0 N–H and O–H groups in total. The number of benzene rings is 1. The summed E-state index contributed by atoms with van der Waals surface area (Å²) in [6.45, 7) is 5.84. The van der Waals surface area contributed by atoms with Crippen LogP contribution in [0.15, 0.2) is 46.6 Å². The lowest BCUT2D eigenvalue weighted by molar-refractivity contribution is 0.201. The summed E-state index contributed by atoms with van der Waals surface area (Å²) in [6.07, 6.45) is 4.44. The number of unbranched alkanes of at least 4 members (excludes halogenated alkanes) is 2. The van der Waals surface area contributed by atoms with Crippen molar-refractivity contribution in [2.75, 3.05) is 13.2 Å². The van der Waals surface area contributed by atoms with Crippen LogP contribution in [-0.4, -0.2) is 20.3 Å². The first-order chi connectivity index (χ1) is 9.86. The second kappa shape index (κ2) is 12.1. The first kappa shape index (κ1) is 17.3. The third-order valence-electron chi connectivity index (χ3n) is 2.74. The second-order valence-corrected chi connectivity index (χ2v) is 5.56. The molecule has 0 saturated carbocycles. The predicted octanol–water partition coefficient (Wildman–Crippen LogP) is 4.95. The van der Waals surface area contributed by atoms with E-state index in [0.717, 1.165) is 38.9 Å². The molecule has 20 heavy (non-hydrogen) atoms. The summed E-state index contributed by atoms with van der Waals surface area (Å²) in [5.41, 5.74) is 0. The molecule has 0 heterocycles. The molecule has 1 aromatic carbocycles. The van der Waals surface area contributed by atoms with Crippen LogP contribution in [0, 0.1) is 0 Å². The Labute approximate surface area is 128 Å². The van der Waals surface area contributed by atoms with Gasteiger partial charge in [-0.2, -0.15) is 0 Å². The van der Waals surface area contributed by atoms with Gasteiger partial charge in [0, 0.05) is 18.1 Å². The lowest BCUT2D eigenvalue weighted by Gasteiger charge is -2.11. The highest BCUT2D eigenvalue weighted by Gasteiger charge is 2.13. The van der Waals surface area contributed by atoms with Crippen LogP contribution in [0.25, 0.3) is 0 Å². The van der Waals surface area contributed by atoms with E-state index in [1.807, 2.05) is 24.2 Å². The Morgan fingerprint density at radius 3 is 2.15 bits per heavy atom. The number of rotatable bonds is 11. The molecule has 2 nitrogen and oxygen atoms in total. The average molecular weight is 292 g/mol. The fraction of sp³-hybridized carbons (Fsp3) is 0.500. The summed E-state index contributed by atoms with van der Waals surface area (Å²) >= 11 is 1.69. The number of hydrogen-bond donors (Lipinski definition) is 0. The molecular weight excluding hydrogens is 267 g/mol. The van der Waals surface area contributed by atoms with Crippen molar-refractivity contribution in [1.29, 1.82) is 0 Å². The van der Waals surface area contributed by atoms with Crippen LogP contribution in [0.2, 0.25) is 0 Å². The fourth-order valence-corrected chi connectivity index (χ4v) is 2.21. The van der Waals surface area contributed by atoms with Gasteiger partial charge in [0.1, 0.15) is 0 Å². The largest absolute Gasteiger partial charge is 0.486 e. The number of hydrogen-bond acceptors (Lipinski definition) is 3. The van der Waals surface area contributed by atoms with Gasteiger partial charge in [-0.05, 0) is 36.4 Å². The van der Waals surface area contributed by atoms with Crippen molar-refractivity contribution >= 4 is 18.9 Å². The van der Waals surface area contributed by atoms with E-state index in [0.29, 0.717) is 0 Å². The molecular formula is C16H25BO2S. The highest BCUT2D eigenvalue weighted by atomic mass is 32.2. The maximum Gasteiger partial charge on any atom is 0.486 e. The molecule has 0 amide bonds. The molecule has 0 aliphatic carbocycles. The van der Waals surface area contributed by atoms with Gasteiger partial charge in [0.05, 0.1) is 0 Å². The minimum Gasteiger partial charge on any atom is -0.408 e. The molecule has 0 aromatic heterocycles. The van der Waals surface area contributed by atoms with Gasteiger partial charge in [0.2, 0.25) is 0 Å². The maximum absolute atomic E-state index is 5.74. The molecule has 110 valence electrons. The van der Waals surface area contributed by atoms with Crippen molar-refractivity contribution in [2.24, 2.45) is 0 Å². The lowest BCUT2D eigenvalue weighted by Crippen LogP contribution is -2.22. The first-order valence-electron chi connectivity index (χ1n) is 7.48. The number of thioether (sulfide) groups is 1. The minimum absolute atomic E-state index is 0.218. The smallest absolute Gasteiger partial charge is 0.408 e. The SMILES string of the molecule is CCCCOB(/C=C/Sc1ccccc1)OCCCC. The lowest BCUT2D eigenvalue weighted by atomic mass is 9.91. The third-order valence-corrected chi connectivity index (χ3v) is 3.58. The van der Waals surface area contributed by atoms with Crippen LogP contribution >= 0.6 is 11.8 Å². The van der Waals surface area contributed by atoms with Crippen LogP contribution in [-0.2, 0) is 9.31 Å². The Balaban J connectivity index is 2.36. The Morgan fingerprint density at radius 1 is 1.00 bits per heavy atom. The Bertz CT molecular complexity index is 347. The zero-order chi connectivity index (χ0) is 14.5. The molecule has 0 fully saturated rings. The predicted molar refractivity (Wildman–Crippen MR) is 88.9 cm³/mol. The Morgan fingerprint density at radius 2 is 1.60 bits per heavy atom. The summed E-state index contributed by atoms with van der Waals surface area (Å²) in [7, 11) is -0.218. The molecule has 0 aliphatic rings. The highest BCUT2D eigenvalue weighted by Crippen LogP contribution is 2.18. The first-order valence-corrected chi connectivity index (χ1v) is 8.36. The van der Waals surface area contributed by atoms with E-state index in [-0.39, 0.29) is 7.12 Å². The van der Waals surface area contributed by atoms with Crippen molar-refractivity contribution in [1.82, 2.24) is 0 Å². The van der Waals surface area contributed by atoms with Crippen molar-refractivity contribution in [2.45, 2.75) is 44.4 Å². The van der Waals surface area contributed by atoms with E-state index in [9.17, 15) is 0 Å². The van der Waals surface area contributed by atoms with Gasteiger partial charge in [-0.25, -0.2) is 0 Å². The summed E-state index contributed by atoms with van der Waals surface area (Å²) in [5.74, 6) is 2.00. The fourth-order valence-electron chi connectivity index (χ4n) is 1.53. The molecule has 0 unspecified atom stereocenters. The Hall–Kier alpha value is -0.705. The maximum atomic E-state index is 5.74. The molecule has 0 bridgehead atoms. The second-order valence-electron chi connectivity index (χ2n) is 4.58. The van der Waals surface area contributed by atoms with Crippen molar-refractivity contribution in [3.05, 3.63) is 41.7 Å². The monoisotopic (exact) mass is 292 g/mol. The van der Waals surface area contributed by atoms with Crippen molar-refractivity contribution in [3.63, 3.8) is 0 Å². The van der Waals surface area contributed by atoms with E-state index >= 15 is 0 Å². The molecule has 0 aliphatic heterocycles. The highest BCUT2D eigenvalue weighted by molar-refractivity contribution is 8.02. The van der Waals surface area contributed by atoms with E-state index in [1.54, 1.807) is 11.8 Å². The zero-order valence-corrected chi connectivity index (χ0v) is 13.4. The summed E-state index contributed by atoms with van der Waals surface area (Å²) in [5, 5.41) is 2.05. The average Bonchev–Trinajstić information content (AvgIpc) is 2.48. The van der Waals surface area contributed by atoms with Gasteiger partial charge in [-0.15, -0.1) is 0 Å². The van der Waals surface area contributed by atoms with E-state index in [4.69, 9.17) is 9.31 Å². The van der Waals surface area contributed by atoms with E-state index < -0.39 is 0 Å². The van der Waals surface area contributed by atoms with Crippen LogP contribution in [0.5, 0.6) is 0 Å².